The molecule has 2 aromatic heterocycles. The fraction of sp³-hybridized carbons (Fsp3) is 0.167. The van der Waals surface area contributed by atoms with Crippen molar-refractivity contribution in [3.63, 3.8) is 0 Å². The largest absolute Gasteiger partial charge is 0.306 e. The Hall–Kier alpha value is -2.71. The van der Waals surface area contributed by atoms with Crippen molar-refractivity contribution in [1.82, 2.24) is 10.2 Å². The fourth-order valence-corrected chi connectivity index (χ4v) is 3.90. The topological polar surface area (TPSA) is 45.4 Å². The molecule has 5 heteroatoms. The number of aryl methyl sites for hydroxylation is 1. The van der Waals surface area contributed by atoms with Crippen molar-refractivity contribution in [2.75, 3.05) is 0 Å². The van der Waals surface area contributed by atoms with Gasteiger partial charge in [-0.25, -0.2) is 11.6 Å². The minimum atomic E-state index is -0.333. The lowest BCUT2D eigenvalue weighted by Crippen LogP contribution is -2.29. The van der Waals surface area contributed by atoms with E-state index in [0.29, 0.717) is 0 Å². The quantitative estimate of drug-likeness (QED) is 0.702. The Kier molecular flexibility index (Phi) is 3.32. The van der Waals surface area contributed by atoms with E-state index in [1.165, 1.54) is 11.1 Å². The number of hydrogen-bond donors (Lipinski definition) is 1. The van der Waals surface area contributed by atoms with Crippen LogP contribution in [0.3, 0.4) is 0 Å². The second kappa shape index (κ2) is 5.49. The maximum Gasteiger partial charge on any atom is 0.277 e. The standard InChI is InChI=1S/C18H14N4S/c1-11-6-3-4-7-12(11)15-13-10-20-22-18(13)21-16(17(15)19-2)14-8-5-9-23-14/h3-10,15,17H,1H3,(H,20,22). The van der Waals surface area contributed by atoms with Crippen LogP contribution in [0, 0.1) is 13.5 Å². The van der Waals surface area contributed by atoms with E-state index in [9.17, 15) is 0 Å². The van der Waals surface area contributed by atoms with Crippen LogP contribution in [0.25, 0.3) is 4.85 Å². The van der Waals surface area contributed by atoms with Crippen LogP contribution < -0.4 is 0 Å². The molecule has 4 nitrogen and oxygen atoms in total. The van der Waals surface area contributed by atoms with Gasteiger partial charge in [-0.2, -0.15) is 5.10 Å². The summed E-state index contributed by atoms with van der Waals surface area (Å²) in [7, 11) is 0. The molecule has 0 fully saturated rings. The van der Waals surface area contributed by atoms with E-state index in [4.69, 9.17) is 11.6 Å². The second-order valence-corrected chi connectivity index (χ2v) is 6.50. The van der Waals surface area contributed by atoms with E-state index in [-0.39, 0.29) is 12.0 Å². The Bertz CT molecular complexity index is 915. The molecule has 1 aliphatic heterocycles. The third kappa shape index (κ3) is 2.19. The summed E-state index contributed by atoms with van der Waals surface area (Å²) < 4.78 is 0. The van der Waals surface area contributed by atoms with Crippen molar-refractivity contribution in [3.8, 4) is 0 Å². The molecule has 0 aliphatic carbocycles. The van der Waals surface area contributed by atoms with Gasteiger partial charge in [0.2, 0.25) is 0 Å². The lowest BCUT2D eigenvalue weighted by atomic mass is 9.80. The molecule has 0 bridgehead atoms. The second-order valence-electron chi connectivity index (χ2n) is 5.56. The van der Waals surface area contributed by atoms with Crippen molar-refractivity contribution in [1.29, 1.82) is 0 Å². The van der Waals surface area contributed by atoms with Gasteiger partial charge >= 0.3 is 0 Å². The van der Waals surface area contributed by atoms with Gasteiger partial charge in [0.05, 0.1) is 17.0 Å². The first-order valence-electron chi connectivity index (χ1n) is 7.37. The van der Waals surface area contributed by atoms with E-state index in [0.717, 1.165) is 22.0 Å². The van der Waals surface area contributed by atoms with Crippen LogP contribution in [0.1, 0.15) is 27.5 Å². The molecule has 0 radical (unpaired) electrons. The average molecular weight is 318 g/mol. The molecule has 0 amide bonds. The number of fused-ring (bicyclic) bond motifs is 1. The molecule has 23 heavy (non-hydrogen) atoms. The summed E-state index contributed by atoms with van der Waals surface area (Å²) in [6.45, 7) is 9.88. The van der Waals surface area contributed by atoms with Crippen LogP contribution in [-0.4, -0.2) is 22.0 Å². The molecule has 2 atom stereocenters. The van der Waals surface area contributed by atoms with Gasteiger partial charge in [0.1, 0.15) is 5.71 Å². The molecule has 112 valence electrons. The molecule has 2 unspecified atom stereocenters. The van der Waals surface area contributed by atoms with Crippen LogP contribution in [0.5, 0.6) is 0 Å². The van der Waals surface area contributed by atoms with Crippen molar-refractivity contribution in [2.45, 2.75) is 18.9 Å². The van der Waals surface area contributed by atoms with Crippen molar-refractivity contribution in [3.05, 3.63) is 81.0 Å². The predicted octanol–water partition coefficient (Wildman–Crippen LogP) is 4.33. The molecule has 4 rings (SSSR count). The third-order valence-corrected chi connectivity index (χ3v) is 5.14. The summed E-state index contributed by atoms with van der Waals surface area (Å²) in [6.07, 6.45) is 1.80. The number of aromatic nitrogens is 2. The lowest BCUT2D eigenvalue weighted by molar-refractivity contribution is 0.788. The number of nitrogens with one attached hydrogen (secondary N) is 1. The van der Waals surface area contributed by atoms with Crippen LogP contribution in [0.15, 0.2) is 53.0 Å². The van der Waals surface area contributed by atoms with Crippen LogP contribution >= 0.6 is 11.3 Å². The molecule has 3 heterocycles. The number of benzene rings is 1. The van der Waals surface area contributed by atoms with Gasteiger partial charge in [0.15, 0.2) is 5.82 Å². The summed E-state index contributed by atoms with van der Waals surface area (Å²) in [4.78, 5) is 9.69. The summed E-state index contributed by atoms with van der Waals surface area (Å²) >= 11 is 1.62. The SMILES string of the molecule is [C-]#[N+]C1C(c2cccs2)=Nc2[nH]ncc2C1c1ccccc1C. The molecule has 0 saturated carbocycles. The first-order valence-corrected chi connectivity index (χ1v) is 8.25. The Morgan fingerprint density at radius 2 is 2.04 bits per heavy atom. The van der Waals surface area contributed by atoms with Gasteiger partial charge in [-0.3, -0.25) is 5.10 Å². The Morgan fingerprint density at radius 1 is 1.17 bits per heavy atom. The average Bonchev–Trinajstić information content (AvgIpc) is 3.25. The summed E-state index contributed by atoms with van der Waals surface area (Å²) in [5.74, 6) is 0.721. The van der Waals surface area contributed by atoms with E-state index < -0.39 is 0 Å². The first-order chi connectivity index (χ1) is 11.3. The van der Waals surface area contributed by atoms with Crippen molar-refractivity contribution < 1.29 is 0 Å². The number of aliphatic imine (C=N–C) groups is 1. The van der Waals surface area contributed by atoms with Crippen LogP contribution in [0.2, 0.25) is 0 Å². The number of aromatic amines is 1. The van der Waals surface area contributed by atoms with Crippen LogP contribution in [0.4, 0.5) is 5.82 Å². The highest BCUT2D eigenvalue weighted by molar-refractivity contribution is 7.12. The minimum Gasteiger partial charge on any atom is -0.306 e. The van der Waals surface area contributed by atoms with Crippen molar-refractivity contribution in [2.24, 2.45) is 4.99 Å². The smallest absolute Gasteiger partial charge is 0.277 e. The number of hydrogen-bond acceptors (Lipinski definition) is 3. The normalized spacial score (nSPS) is 19.7. The van der Waals surface area contributed by atoms with E-state index in [1.807, 2.05) is 29.6 Å². The summed E-state index contributed by atoms with van der Waals surface area (Å²) in [5.41, 5.74) is 4.19. The Labute approximate surface area is 138 Å². The molecule has 0 spiro atoms. The number of nitrogens with zero attached hydrogens (tertiary/aromatic N) is 3. The predicted molar refractivity (Wildman–Crippen MR) is 92.5 cm³/mol. The molecule has 1 aromatic carbocycles. The maximum absolute atomic E-state index is 7.79. The molecular formula is C18H14N4S. The molecule has 0 saturated heterocycles. The highest BCUT2D eigenvalue weighted by Crippen LogP contribution is 2.41. The highest BCUT2D eigenvalue weighted by atomic mass is 32.1. The van der Waals surface area contributed by atoms with E-state index in [1.54, 1.807) is 17.5 Å². The van der Waals surface area contributed by atoms with Gasteiger partial charge in [-0.1, -0.05) is 30.3 Å². The van der Waals surface area contributed by atoms with E-state index in [2.05, 4.69) is 34.1 Å². The zero-order valence-electron chi connectivity index (χ0n) is 12.5. The Morgan fingerprint density at radius 3 is 2.78 bits per heavy atom. The molecule has 3 aromatic rings. The summed E-state index contributed by atoms with van der Waals surface area (Å²) in [6, 6.07) is 11.9. The number of H-pyrrole nitrogens is 1. The number of thiophene rings is 1. The minimum absolute atomic E-state index is 0.0444. The first kappa shape index (κ1) is 13.9. The zero-order chi connectivity index (χ0) is 15.8. The molecule has 1 N–H and O–H groups in total. The van der Waals surface area contributed by atoms with E-state index >= 15 is 0 Å². The van der Waals surface area contributed by atoms with Crippen molar-refractivity contribution >= 4 is 22.9 Å². The third-order valence-electron chi connectivity index (χ3n) is 4.25. The zero-order valence-corrected chi connectivity index (χ0v) is 13.3. The van der Waals surface area contributed by atoms with Gasteiger partial charge < -0.3 is 4.85 Å². The molecule has 1 aliphatic rings. The fourth-order valence-electron chi connectivity index (χ4n) is 3.15. The number of rotatable bonds is 2. The van der Waals surface area contributed by atoms with Crippen LogP contribution in [-0.2, 0) is 0 Å². The maximum atomic E-state index is 7.79. The van der Waals surface area contributed by atoms with Gasteiger partial charge in [0.25, 0.3) is 6.04 Å². The van der Waals surface area contributed by atoms with Gasteiger partial charge in [0, 0.05) is 5.56 Å². The highest BCUT2D eigenvalue weighted by Gasteiger charge is 2.41. The summed E-state index contributed by atoms with van der Waals surface area (Å²) in [5, 5.41) is 9.16. The van der Waals surface area contributed by atoms with Gasteiger partial charge in [-0.15, -0.1) is 11.3 Å². The lowest BCUT2D eigenvalue weighted by Gasteiger charge is -2.24. The molecular weight excluding hydrogens is 304 g/mol. The monoisotopic (exact) mass is 318 g/mol. The van der Waals surface area contributed by atoms with Gasteiger partial charge in [-0.05, 0) is 29.5 Å². The Balaban J connectivity index is 1.94.